The molecule has 0 aliphatic carbocycles. The van der Waals surface area contributed by atoms with Gasteiger partial charge in [0.25, 0.3) is 0 Å². The van der Waals surface area contributed by atoms with E-state index in [1.165, 1.54) is 0 Å². The standard InChI is InChI=1S/C20H32N4O2/c1-3-16(2)12-19(26)23-10-7-20(8-11-23)6-4-18(25)24(14-20)9-5-17-13-21-15-22-17/h13,15-16H,3-12,14H2,1-2H3,(H,21,22)/t16-/m0/s1. The molecule has 3 heterocycles. The van der Waals surface area contributed by atoms with Crippen molar-refractivity contribution in [2.24, 2.45) is 11.3 Å². The Morgan fingerprint density at radius 2 is 2.12 bits per heavy atom. The van der Waals surface area contributed by atoms with Crippen molar-refractivity contribution in [2.45, 2.75) is 58.8 Å². The third-order valence-electron chi connectivity index (χ3n) is 6.35. The number of hydrogen-bond acceptors (Lipinski definition) is 3. The number of H-pyrrole nitrogens is 1. The lowest BCUT2D eigenvalue weighted by molar-refractivity contribution is -0.142. The van der Waals surface area contributed by atoms with Gasteiger partial charge in [-0.15, -0.1) is 0 Å². The number of imidazole rings is 1. The second kappa shape index (κ2) is 8.23. The van der Waals surface area contributed by atoms with Crippen molar-refractivity contribution >= 4 is 11.8 Å². The Kier molecular flexibility index (Phi) is 5.99. The van der Waals surface area contributed by atoms with E-state index in [2.05, 4.69) is 23.8 Å². The van der Waals surface area contributed by atoms with Crippen LogP contribution in [-0.2, 0) is 16.0 Å². The van der Waals surface area contributed by atoms with E-state index in [1.54, 1.807) is 6.33 Å². The van der Waals surface area contributed by atoms with Crippen molar-refractivity contribution in [2.75, 3.05) is 26.2 Å². The zero-order valence-electron chi connectivity index (χ0n) is 16.2. The lowest BCUT2D eigenvalue weighted by atomic mass is 9.72. The summed E-state index contributed by atoms with van der Waals surface area (Å²) >= 11 is 0. The van der Waals surface area contributed by atoms with Crippen LogP contribution in [0.3, 0.4) is 0 Å². The van der Waals surface area contributed by atoms with Crippen LogP contribution in [0.5, 0.6) is 0 Å². The average Bonchev–Trinajstić information content (AvgIpc) is 3.16. The molecule has 2 fully saturated rings. The van der Waals surface area contributed by atoms with Crippen molar-refractivity contribution in [3.8, 4) is 0 Å². The largest absolute Gasteiger partial charge is 0.348 e. The molecule has 1 atom stereocenters. The molecule has 26 heavy (non-hydrogen) atoms. The molecule has 1 N–H and O–H groups in total. The Hall–Kier alpha value is -1.85. The minimum atomic E-state index is 0.203. The molecule has 2 amide bonds. The van der Waals surface area contributed by atoms with E-state index in [1.807, 2.05) is 16.0 Å². The molecule has 1 aromatic heterocycles. The summed E-state index contributed by atoms with van der Waals surface area (Å²) in [6.07, 6.45) is 9.70. The van der Waals surface area contributed by atoms with Crippen molar-refractivity contribution in [3.05, 3.63) is 18.2 Å². The Labute approximate surface area is 156 Å². The normalized spacial score (nSPS) is 21.2. The van der Waals surface area contributed by atoms with Gasteiger partial charge in [-0.25, -0.2) is 4.98 Å². The SMILES string of the molecule is CC[C@H](C)CC(=O)N1CCC2(CCC(=O)N(CCc3cnc[nH]3)C2)CC1. The fourth-order valence-electron chi connectivity index (χ4n) is 4.19. The number of likely N-dealkylation sites (tertiary alicyclic amines) is 2. The first-order valence-corrected chi connectivity index (χ1v) is 10.0. The highest BCUT2D eigenvalue weighted by atomic mass is 16.2. The number of nitrogens with zero attached hydrogens (tertiary/aromatic N) is 3. The minimum Gasteiger partial charge on any atom is -0.348 e. The maximum absolute atomic E-state index is 12.4. The first-order chi connectivity index (χ1) is 12.5. The van der Waals surface area contributed by atoms with E-state index >= 15 is 0 Å². The number of aromatic nitrogens is 2. The lowest BCUT2D eigenvalue weighted by Gasteiger charge is -2.47. The molecule has 0 aromatic carbocycles. The summed E-state index contributed by atoms with van der Waals surface area (Å²) in [5.74, 6) is 1.03. The second-order valence-corrected chi connectivity index (χ2v) is 8.24. The Balaban J connectivity index is 1.52. The van der Waals surface area contributed by atoms with Gasteiger partial charge in [0.15, 0.2) is 0 Å². The van der Waals surface area contributed by atoms with Crippen molar-refractivity contribution in [1.29, 1.82) is 0 Å². The van der Waals surface area contributed by atoms with Crippen LogP contribution >= 0.6 is 0 Å². The van der Waals surface area contributed by atoms with E-state index in [9.17, 15) is 9.59 Å². The quantitative estimate of drug-likeness (QED) is 0.848. The van der Waals surface area contributed by atoms with Gasteiger partial charge in [0.05, 0.1) is 6.33 Å². The maximum atomic E-state index is 12.4. The number of nitrogens with one attached hydrogen (secondary N) is 1. The monoisotopic (exact) mass is 360 g/mol. The van der Waals surface area contributed by atoms with Crippen molar-refractivity contribution in [3.63, 3.8) is 0 Å². The fraction of sp³-hybridized carbons (Fsp3) is 0.750. The zero-order chi connectivity index (χ0) is 18.6. The van der Waals surface area contributed by atoms with Crippen LogP contribution < -0.4 is 0 Å². The molecule has 2 aliphatic heterocycles. The van der Waals surface area contributed by atoms with E-state index in [4.69, 9.17) is 0 Å². The van der Waals surface area contributed by atoms with Crippen molar-refractivity contribution in [1.82, 2.24) is 19.8 Å². The Morgan fingerprint density at radius 1 is 1.35 bits per heavy atom. The molecule has 0 bridgehead atoms. The van der Waals surface area contributed by atoms with Gasteiger partial charge in [-0.3, -0.25) is 9.59 Å². The number of piperidine rings is 2. The number of rotatable bonds is 6. The van der Waals surface area contributed by atoms with Gasteiger partial charge in [0.1, 0.15) is 0 Å². The molecule has 1 spiro atoms. The fourth-order valence-corrected chi connectivity index (χ4v) is 4.19. The van der Waals surface area contributed by atoms with E-state index < -0.39 is 0 Å². The van der Waals surface area contributed by atoms with Gasteiger partial charge < -0.3 is 14.8 Å². The predicted octanol–water partition coefficient (Wildman–Crippen LogP) is 2.62. The number of aromatic amines is 1. The summed E-state index contributed by atoms with van der Waals surface area (Å²) in [7, 11) is 0. The molecule has 0 radical (unpaired) electrons. The van der Waals surface area contributed by atoms with E-state index in [-0.39, 0.29) is 11.3 Å². The maximum Gasteiger partial charge on any atom is 0.222 e. The Bertz CT molecular complexity index is 605. The molecule has 0 unspecified atom stereocenters. The molecule has 2 saturated heterocycles. The summed E-state index contributed by atoms with van der Waals surface area (Å²) in [4.78, 5) is 36.0. The van der Waals surface area contributed by atoms with Gasteiger partial charge in [-0.05, 0) is 30.6 Å². The third-order valence-corrected chi connectivity index (χ3v) is 6.35. The molecule has 0 saturated carbocycles. The summed E-state index contributed by atoms with van der Waals surface area (Å²) in [5.41, 5.74) is 1.28. The van der Waals surface area contributed by atoms with Gasteiger partial charge in [-0.2, -0.15) is 0 Å². The third kappa shape index (κ3) is 4.46. The topological polar surface area (TPSA) is 69.3 Å². The number of carbonyl (C=O) groups is 2. The molecule has 6 nitrogen and oxygen atoms in total. The highest BCUT2D eigenvalue weighted by molar-refractivity contribution is 5.77. The van der Waals surface area contributed by atoms with Crippen LogP contribution in [0.4, 0.5) is 0 Å². The summed E-state index contributed by atoms with van der Waals surface area (Å²) in [6.45, 7) is 7.57. The second-order valence-electron chi connectivity index (χ2n) is 8.24. The molecule has 3 rings (SSSR count). The molecular weight excluding hydrogens is 328 g/mol. The molecule has 2 aliphatic rings. The number of carbonyl (C=O) groups excluding carboxylic acids is 2. The minimum absolute atomic E-state index is 0.203. The summed E-state index contributed by atoms with van der Waals surface area (Å²) in [5, 5.41) is 0. The predicted molar refractivity (Wildman–Crippen MR) is 100 cm³/mol. The van der Waals surface area contributed by atoms with E-state index in [0.29, 0.717) is 24.7 Å². The molecule has 1 aromatic rings. The number of hydrogen-bond donors (Lipinski definition) is 1. The van der Waals surface area contributed by atoms with Crippen LogP contribution in [-0.4, -0.2) is 57.8 Å². The van der Waals surface area contributed by atoms with E-state index in [0.717, 1.165) is 64.0 Å². The summed E-state index contributed by atoms with van der Waals surface area (Å²) in [6, 6.07) is 0. The van der Waals surface area contributed by atoms with Crippen LogP contribution in [0.25, 0.3) is 0 Å². The van der Waals surface area contributed by atoms with Crippen LogP contribution in [0, 0.1) is 11.3 Å². The smallest absolute Gasteiger partial charge is 0.222 e. The average molecular weight is 361 g/mol. The molecular formula is C20H32N4O2. The number of amides is 2. The summed E-state index contributed by atoms with van der Waals surface area (Å²) < 4.78 is 0. The van der Waals surface area contributed by atoms with Gasteiger partial charge >= 0.3 is 0 Å². The highest BCUT2D eigenvalue weighted by Crippen LogP contribution is 2.40. The van der Waals surface area contributed by atoms with Gasteiger partial charge in [0, 0.05) is 57.3 Å². The van der Waals surface area contributed by atoms with Crippen LogP contribution in [0.15, 0.2) is 12.5 Å². The van der Waals surface area contributed by atoms with Gasteiger partial charge in [0.2, 0.25) is 11.8 Å². The van der Waals surface area contributed by atoms with Crippen LogP contribution in [0.1, 0.15) is 58.1 Å². The van der Waals surface area contributed by atoms with Gasteiger partial charge in [-0.1, -0.05) is 20.3 Å². The highest BCUT2D eigenvalue weighted by Gasteiger charge is 2.41. The Morgan fingerprint density at radius 3 is 2.77 bits per heavy atom. The first kappa shape index (κ1) is 18.9. The van der Waals surface area contributed by atoms with Crippen LogP contribution in [0.2, 0.25) is 0 Å². The lowest BCUT2D eigenvalue weighted by Crippen LogP contribution is -2.52. The molecule has 144 valence electrons. The first-order valence-electron chi connectivity index (χ1n) is 10.0. The molecule has 6 heteroatoms. The zero-order valence-corrected chi connectivity index (χ0v) is 16.2. The van der Waals surface area contributed by atoms with Crippen molar-refractivity contribution < 1.29 is 9.59 Å².